The topological polar surface area (TPSA) is 95.9 Å². The molecule has 2 aromatic carbocycles. The van der Waals surface area contributed by atoms with Gasteiger partial charge in [0.1, 0.15) is 12.1 Å². The van der Waals surface area contributed by atoms with Gasteiger partial charge in [-0.25, -0.2) is 9.59 Å². The Morgan fingerprint density at radius 3 is 2.32 bits per heavy atom. The lowest BCUT2D eigenvalue weighted by Gasteiger charge is -2.38. The average Bonchev–Trinajstić information content (AvgIpc) is 3.52. The predicted molar refractivity (Wildman–Crippen MR) is 126 cm³/mol. The summed E-state index contributed by atoms with van der Waals surface area (Å²) in [5.41, 5.74) is 2.58. The second-order valence-electron chi connectivity index (χ2n) is 10.3. The Labute approximate surface area is 199 Å². The van der Waals surface area contributed by atoms with Gasteiger partial charge >= 0.3 is 12.1 Å². The number of carboxylic acids is 1. The SMILES string of the molecule is CC(C)(CNC(=O)OCC1c2ccccc2-c2ccccc21)C(=O)N1CCCC2CC21C(=O)O. The third-order valence-corrected chi connectivity index (χ3v) is 7.70. The number of likely N-dealkylation sites (tertiary alicyclic amines) is 1. The Balaban J connectivity index is 1.21. The molecule has 0 aromatic heterocycles. The zero-order valence-corrected chi connectivity index (χ0v) is 19.5. The second kappa shape index (κ2) is 8.15. The lowest BCUT2D eigenvalue weighted by atomic mass is 9.89. The van der Waals surface area contributed by atoms with E-state index < -0.39 is 23.0 Å². The normalized spacial score (nSPS) is 22.9. The molecule has 1 saturated heterocycles. The van der Waals surface area contributed by atoms with E-state index in [0.29, 0.717) is 13.0 Å². The van der Waals surface area contributed by atoms with Gasteiger partial charge in [-0.05, 0) is 61.3 Å². The van der Waals surface area contributed by atoms with Gasteiger partial charge in [0, 0.05) is 19.0 Å². The Bertz CT molecular complexity index is 1110. The number of aliphatic carboxylic acids is 1. The van der Waals surface area contributed by atoms with Crippen LogP contribution in [-0.4, -0.2) is 53.2 Å². The fraction of sp³-hybridized carbons (Fsp3) is 0.444. The number of rotatable bonds is 6. The van der Waals surface area contributed by atoms with Crippen molar-refractivity contribution in [3.05, 3.63) is 59.7 Å². The summed E-state index contributed by atoms with van der Waals surface area (Å²) in [6.07, 6.45) is 1.58. The number of piperidine rings is 1. The first-order valence-corrected chi connectivity index (χ1v) is 11.9. The number of amides is 2. The molecule has 1 heterocycles. The molecular weight excluding hydrogens is 432 g/mol. The highest BCUT2D eigenvalue weighted by atomic mass is 16.5. The predicted octanol–water partition coefficient (Wildman–Crippen LogP) is 4.02. The van der Waals surface area contributed by atoms with Crippen LogP contribution in [0, 0.1) is 11.3 Å². The van der Waals surface area contributed by atoms with Crippen molar-refractivity contribution in [3.63, 3.8) is 0 Å². The van der Waals surface area contributed by atoms with Crippen LogP contribution < -0.4 is 5.32 Å². The summed E-state index contributed by atoms with van der Waals surface area (Å²) in [5.74, 6) is -1.17. The van der Waals surface area contributed by atoms with E-state index in [2.05, 4.69) is 29.6 Å². The number of hydrogen-bond acceptors (Lipinski definition) is 4. The first-order chi connectivity index (χ1) is 16.3. The first-order valence-electron chi connectivity index (χ1n) is 11.9. The van der Waals surface area contributed by atoms with Crippen molar-refractivity contribution >= 4 is 18.0 Å². The maximum atomic E-state index is 13.3. The molecule has 1 aliphatic heterocycles. The number of nitrogens with one attached hydrogen (secondary N) is 1. The summed E-state index contributed by atoms with van der Waals surface area (Å²) < 4.78 is 5.58. The highest BCUT2D eigenvalue weighted by Crippen LogP contribution is 2.55. The number of nitrogens with zero attached hydrogens (tertiary/aromatic N) is 1. The van der Waals surface area contributed by atoms with Gasteiger partial charge in [-0.1, -0.05) is 48.5 Å². The highest BCUT2D eigenvalue weighted by Gasteiger charge is 2.67. The van der Waals surface area contributed by atoms with Crippen molar-refractivity contribution in [1.82, 2.24) is 10.2 Å². The minimum Gasteiger partial charge on any atom is -0.479 e. The third-order valence-electron chi connectivity index (χ3n) is 7.70. The molecule has 5 rings (SSSR count). The van der Waals surface area contributed by atoms with Crippen molar-refractivity contribution in [2.24, 2.45) is 11.3 Å². The van der Waals surface area contributed by atoms with Crippen molar-refractivity contribution < 1.29 is 24.2 Å². The molecule has 34 heavy (non-hydrogen) atoms. The fourth-order valence-electron chi connectivity index (χ4n) is 5.73. The van der Waals surface area contributed by atoms with Crippen LogP contribution in [0.4, 0.5) is 4.79 Å². The van der Waals surface area contributed by atoms with Crippen molar-refractivity contribution in [2.75, 3.05) is 19.7 Å². The molecule has 178 valence electrons. The molecule has 0 radical (unpaired) electrons. The van der Waals surface area contributed by atoms with Crippen LogP contribution in [0.25, 0.3) is 11.1 Å². The van der Waals surface area contributed by atoms with Crippen LogP contribution in [0.1, 0.15) is 50.2 Å². The van der Waals surface area contributed by atoms with Crippen LogP contribution in [0.5, 0.6) is 0 Å². The van der Waals surface area contributed by atoms with Gasteiger partial charge in [-0.2, -0.15) is 0 Å². The van der Waals surface area contributed by atoms with Crippen molar-refractivity contribution in [3.8, 4) is 11.1 Å². The average molecular weight is 463 g/mol. The van der Waals surface area contributed by atoms with E-state index in [-0.39, 0.29) is 30.9 Å². The van der Waals surface area contributed by atoms with Crippen LogP contribution in [0.2, 0.25) is 0 Å². The van der Waals surface area contributed by atoms with Gasteiger partial charge in [-0.3, -0.25) is 4.79 Å². The number of ether oxygens (including phenoxy) is 1. The molecule has 0 spiro atoms. The highest BCUT2D eigenvalue weighted by molar-refractivity contribution is 5.93. The maximum Gasteiger partial charge on any atom is 0.407 e. The van der Waals surface area contributed by atoms with Gasteiger partial charge in [0.15, 0.2) is 0 Å². The van der Waals surface area contributed by atoms with Crippen LogP contribution in [-0.2, 0) is 14.3 Å². The summed E-state index contributed by atoms with van der Waals surface area (Å²) >= 11 is 0. The summed E-state index contributed by atoms with van der Waals surface area (Å²) in [4.78, 5) is 39.3. The number of alkyl carbamates (subject to hydrolysis) is 1. The number of fused-ring (bicyclic) bond motifs is 4. The summed E-state index contributed by atoms with van der Waals surface area (Å²) in [7, 11) is 0. The van der Waals surface area contributed by atoms with E-state index >= 15 is 0 Å². The standard InChI is InChI=1S/C27H30N2O5/c1-26(2,23(30)29-13-7-8-17-14-27(17,29)24(31)32)16-28-25(33)34-15-22-20-11-5-3-9-18(20)19-10-4-6-12-21(19)22/h3-6,9-12,17,22H,7-8,13-16H2,1-2H3,(H,28,33)(H,31,32). The number of carbonyl (C=O) groups excluding carboxylic acids is 2. The summed E-state index contributed by atoms with van der Waals surface area (Å²) in [5, 5.41) is 12.5. The van der Waals surface area contributed by atoms with Crippen LogP contribution in [0.15, 0.2) is 48.5 Å². The fourth-order valence-corrected chi connectivity index (χ4v) is 5.73. The minimum absolute atomic E-state index is 0.0357. The molecule has 1 saturated carbocycles. The Morgan fingerprint density at radius 1 is 1.09 bits per heavy atom. The molecule has 7 heteroatoms. The number of carbonyl (C=O) groups is 3. The Morgan fingerprint density at radius 2 is 1.71 bits per heavy atom. The van der Waals surface area contributed by atoms with Gasteiger partial charge in [0.25, 0.3) is 0 Å². The van der Waals surface area contributed by atoms with Crippen LogP contribution >= 0.6 is 0 Å². The molecule has 2 unspecified atom stereocenters. The number of hydrogen-bond donors (Lipinski definition) is 2. The zero-order valence-electron chi connectivity index (χ0n) is 19.5. The van der Waals surface area contributed by atoms with Gasteiger partial charge in [0.2, 0.25) is 5.91 Å². The molecule has 2 amide bonds. The maximum absolute atomic E-state index is 13.3. The van der Waals surface area contributed by atoms with E-state index in [1.54, 1.807) is 13.8 Å². The van der Waals surface area contributed by atoms with E-state index in [0.717, 1.165) is 35.1 Å². The van der Waals surface area contributed by atoms with Gasteiger partial charge < -0.3 is 20.1 Å². The minimum atomic E-state index is -1.06. The number of benzene rings is 2. The molecular formula is C27H30N2O5. The molecule has 2 aromatic rings. The molecule has 3 aliphatic rings. The van der Waals surface area contributed by atoms with E-state index in [9.17, 15) is 19.5 Å². The second-order valence-corrected chi connectivity index (χ2v) is 10.3. The molecule has 2 N–H and O–H groups in total. The molecule has 2 atom stereocenters. The molecule has 2 aliphatic carbocycles. The zero-order chi connectivity index (χ0) is 24.1. The Hall–Kier alpha value is -3.35. The largest absolute Gasteiger partial charge is 0.479 e. The monoisotopic (exact) mass is 462 g/mol. The smallest absolute Gasteiger partial charge is 0.407 e. The van der Waals surface area contributed by atoms with Crippen molar-refractivity contribution in [2.45, 2.75) is 44.6 Å². The van der Waals surface area contributed by atoms with E-state index in [4.69, 9.17) is 4.74 Å². The quantitative estimate of drug-likeness (QED) is 0.676. The number of carboxylic acid groups (broad SMARTS) is 1. The lowest BCUT2D eigenvalue weighted by molar-refractivity contribution is -0.158. The molecule has 2 fully saturated rings. The Kier molecular flexibility index (Phi) is 5.38. The van der Waals surface area contributed by atoms with E-state index in [1.807, 2.05) is 24.3 Å². The van der Waals surface area contributed by atoms with E-state index in [1.165, 1.54) is 4.90 Å². The van der Waals surface area contributed by atoms with Crippen molar-refractivity contribution in [1.29, 1.82) is 0 Å². The molecule has 0 bridgehead atoms. The summed E-state index contributed by atoms with van der Waals surface area (Å²) in [6, 6.07) is 16.3. The first kappa shape index (κ1) is 22.4. The third kappa shape index (κ3) is 3.54. The lowest BCUT2D eigenvalue weighted by Crippen LogP contribution is -2.56. The molecule has 7 nitrogen and oxygen atoms in total. The van der Waals surface area contributed by atoms with Gasteiger partial charge in [-0.15, -0.1) is 0 Å². The summed E-state index contributed by atoms with van der Waals surface area (Å²) in [6.45, 7) is 4.18. The van der Waals surface area contributed by atoms with Crippen LogP contribution in [0.3, 0.4) is 0 Å². The van der Waals surface area contributed by atoms with Gasteiger partial charge in [0.05, 0.1) is 5.41 Å².